The molecule has 2 saturated carbocycles. The lowest BCUT2D eigenvalue weighted by atomic mass is 9.87. The lowest BCUT2D eigenvalue weighted by Crippen LogP contribution is -2.53. The number of nitrogens with zero attached hydrogens (tertiary/aromatic N) is 3. The Balaban J connectivity index is 1.96. The van der Waals surface area contributed by atoms with Crippen LogP contribution in [0.5, 0.6) is 0 Å². The Morgan fingerprint density at radius 1 is 1.26 bits per heavy atom. The molecule has 1 aromatic carbocycles. The number of esters is 2. The predicted molar refractivity (Wildman–Crippen MR) is 110 cm³/mol. The summed E-state index contributed by atoms with van der Waals surface area (Å²) < 4.78 is 31.6. The van der Waals surface area contributed by atoms with Gasteiger partial charge in [0.25, 0.3) is 0 Å². The number of carbonyl (C=O) groups excluding carboxylic acids is 2. The van der Waals surface area contributed by atoms with Crippen molar-refractivity contribution in [2.75, 3.05) is 13.2 Å². The number of hydrogen-bond acceptors (Lipinski definition) is 6. The molecule has 168 valence electrons. The molecule has 6 atom stereocenters. The van der Waals surface area contributed by atoms with Gasteiger partial charge in [0.05, 0.1) is 35.5 Å². The van der Waals surface area contributed by atoms with Crippen molar-refractivity contribution in [1.82, 2.24) is 0 Å². The normalized spacial score (nSPS) is 31.9. The van der Waals surface area contributed by atoms with E-state index in [9.17, 15) is 15.1 Å². The van der Waals surface area contributed by atoms with Gasteiger partial charge in [-0.25, -0.2) is 9.18 Å². The number of rotatable bonds is 8. The summed E-state index contributed by atoms with van der Waals surface area (Å²) in [5, 5.41) is 4.37. The van der Waals surface area contributed by atoms with Gasteiger partial charge in [-0.3, -0.25) is 4.79 Å². The molecule has 3 rings (SSSR count). The summed E-state index contributed by atoms with van der Waals surface area (Å²) in [5.41, 5.74) is 5.39. The second-order valence-corrected chi connectivity index (χ2v) is 8.30. The minimum absolute atomic E-state index is 0.0212. The van der Waals surface area contributed by atoms with Crippen molar-refractivity contribution in [3.05, 3.63) is 44.3 Å². The molecular weight excluding hydrogens is 452 g/mol. The van der Waals surface area contributed by atoms with Crippen LogP contribution < -0.4 is 0 Å². The number of alkyl halides is 1. The Morgan fingerprint density at radius 2 is 1.90 bits per heavy atom. The fourth-order valence-corrected chi connectivity index (χ4v) is 4.79. The van der Waals surface area contributed by atoms with Crippen molar-refractivity contribution in [1.29, 1.82) is 0 Å². The molecular formula is C20H22Cl2FN3O5. The molecule has 11 heteroatoms. The highest BCUT2D eigenvalue weighted by atomic mass is 35.5. The molecule has 0 spiro atoms. The van der Waals surface area contributed by atoms with Gasteiger partial charge in [-0.1, -0.05) is 34.4 Å². The Kier molecular flexibility index (Phi) is 6.72. The number of benzene rings is 1. The van der Waals surface area contributed by atoms with Gasteiger partial charge >= 0.3 is 11.9 Å². The van der Waals surface area contributed by atoms with E-state index >= 15 is 4.39 Å². The van der Waals surface area contributed by atoms with Gasteiger partial charge in [-0.2, -0.15) is 0 Å². The molecule has 1 aromatic rings. The first-order chi connectivity index (χ1) is 14.7. The van der Waals surface area contributed by atoms with Crippen LogP contribution in [0.15, 0.2) is 23.3 Å². The topological polar surface area (TPSA) is 111 Å². The van der Waals surface area contributed by atoms with E-state index in [0.29, 0.717) is 15.6 Å². The summed E-state index contributed by atoms with van der Waals surface area (Å²) in [5.74, 6) is -4.15. The number of ether oxygens (including phenoxy) is 3. The van der Waals surface area contributed by atoms with E-state index in [0.717, 1.165) is 0 Å². The lowest BCUT2D eigenvalue weighted by molar-refractivity contribution is -0.164. The summed E-state index contributed by atoms with van der Waals surface area (Å²) in [4.78, 5) is 28.0. The number of halogens is 3. The van der Waals surface area contributed by atoms with Crippen molar-refractivity contribution < 1.29 is 28.2 Å². The molecule has 2 aliphatic rings. The molecule has 0 radical (unpaired) electrons. The second-order valence-electron chi connectivity index (χ2n) is 7.48. The maximum absolute atomic E-state index is 15.6. The number of azide groups is 1. The fraction of sp³-hybridized carbons (Fsp3) is 0.600. The van der Waals surface area contributed by atoms with E-state index in [1.807, 2.05) is 0 Å². The zero-order chi connectivity index (χ0) is 23.0. The van der Waals surface area contributed by atoms with Crippen LogP contribution in [-0.2, 0) is 23.8 Å². The molecule has 2 fully saturated rings. The van der Waals surface area contributed by atoms with Gasteiger partial charge < -0.3 is 14.2 Å². The van der Waals surface area contributed by atoms with Gasteiger partial charge in [0, 0.05) is 16.7 Å². The van der Waals surface area contributed by atoms with Crippen molar-refractivity contribution in [3.63, 3.8) is 0 Å². The number of carbonyl (C=O) groups is 2. The number of hydrogen-bond donors (Lipinski definition) is 0. The third-order valence-electron chi connectivity index (χ3n) is 5.90. The molecule has 8 nitrogen and oxygen atoms in total. The molecule has 0 heterocycles. The van der Waals surface area contributed by atoms with E-state index < -0.39 is 47.2 Å². The summed E-state index contributed by atoms with van der Waals surface area (Å²) in [6.45, 7) is 4.79. The molecule has 0 unspecified atom stereocenters. The second kappa shape index (κ2) is 8.82. The SMILES string of the molecule is CCOC(=O)[C@@]1(F)[C@@H]2C[C@@H](O[C@H](C)c3ccc(Cl)c(Cl)c3)[C@@](N=[N+]=[N-])(C(=O)OCC)[C@@H]21. The Morgan fingerprint density at radius 3 is 2.48 bits per heavy atom. The highest BCUT2D eigenvalue weighted by Crippen LogP contribution is 2.70. The van der Waals surface area contributed by atoms with E-state index in [4.69, 9.17) is 37.4 Å². The minimum atomic E-state index is -2.44. The van der Waals surface area contributed by atoms with E-state index in [-0.39, 0.29) is 19.6 Å². The standard InChI is InChI=1S/C20H22Cl2FN3O5/c1-4-29-17(27)19(23)12-9-15(20(16(12)19,25-26-24)18(28)30-5-2)31-10(3)11-6-7-13(21)14(22)8-11/h6-8,10,12,15-16H,4-5,9H2,1-3H3/t10-,12-,15-,16+,19-,20+/m1/s1. The third kappa shape index (κ3) is 3.74. The molecule has 0 aromatic heterocycles. The predicted octanol–water partition coefficient (Wildman–Crippen LogP) is 4.97. The third-order valence-corrected chi connectivity index (χ3v) is 6.64. The van der Waals surface area contributed by atoms with Crippen LogP contribution in [0.3, 0.4) is 0 Å². The van der Waals surface area contributed by atoms with Crippen LogP contribution in [-0.4, -0.2) is 42.5 Å². The number of fused-ring (bicyclic) bond motifs is 1. The Hall–Kier alpha value is -2.06. The van der Waals surface area contributed by atoms with E-state index in [1.54, 1.807) is 39.0 Å². The fourth-order valence-electron chi connectivity index (χ4n) is 4.49. The Labute approximate surface area is 188 Å². The van der Waals surface area contributed by atoms with Gasteiger partial charge in [-0.05, 0) is 50.4 Å². The maximum atomic E-state index is 15.6. The molecule has 2 aliphatic carbocycles. The van der Waals surface area contributed by atoms with Gasteiger partial charge in [0.1, 0.15) is 0 Å². The maximum Gasteiger partial charge on any atom is 0.344 e. The van der Waals surface area contributed by atoms with Crippen molar-refractivity contribution in [3.8, 4) is 0 Å². The minimum Gasteiger partial charge on any atom is -0.465 e. The smallest absolute Gasteiger partial charge is 0.344 e. The van der Waals surface area contributed by atoms with Crippen LogP contribution in [0.25, 0.3) is 10.4 Å². The van der Waals surface area contributed by atoms with Gasteiger partial charge in [-0.15, -0.1) is 0 Å². The molecule has 31 heavy (non-hydrogen) atoms. The van der Waals surface area contributed by atoms with E-state index in [2.05, 4.69) is 10.0 Å². The molecule has 0 amide bonds. The molecule has 0 saturated heterocycles. The largest absolute Gasteiger partial charge is 0.465 e. The average molecular weight is 474 g/mol. The first kappa shape index (κ1) is 23.6. The van der Waals surface area contributed by atoms with Crippen molar-refractivity contribution in [2.45, 2.75) is 50.6 Å². The quantitative estimate of drug-likeness (QED) is 0.229. The van der Waals surface area contributed by atoms with Crippen LogP contribution in [0, 0.1) is 11.8 Å². The van der Waals surface area contributed by atoms with Gasteiger partial charge in [0.2, 0.25) is 5.67 Å². The van der Waals surface area contributed by atoms with Crippen LogP contribution >= 0.6 is 23.2 Å². The molecule has 0 bridgehead atoms. The zero-order valence-corrected chi connectivity index (χ0v) is 18.7. The highest BCUT2D eigenvalue weighted by molar-refractivity contribution is 6.42. The van der Waals surface area contributed by atoms with Crippen molar-refractivity contribution in [2.24, 2.45) is 17.0 Å². The first-order valence-corrected chi connectivity index (χ1v) is 10.6. The monoisotopic (exact) mass is 473 g/mol. The molecule has 0 N–H and O–H groups in total. The van der Waals surface area contributed by atoms with Crippen LogP contribution in [0.4, 0.5) is 4.39 Å². The summed E-state index contributed by atoms with van der Waals surface area (Å²) in [6, 6.07) is 4.92. The lowest BCUT2D eigenvalue weighted by Gasteiger charge is -2.34. The summed E-state index contributed by atoms with van der Waals surface area (Å²) in [7, 11) is 0. The van der Waals surface area contributed by atoms with Crippen LogP contribution in [0.2, 0.25) is 10.0 Å². The first-order valence-electron chi connectivity index (χ1n) is 9.88. The van der Waals surface area contributed by atoms with Crippen LogP contribution in [0.1, 0.15) is 38.9 Å². The Bertz CT molecular complexity index is 943. The average Bonchev–Trinajstić information content (AvgIpc) is 3.17. The van der Waals surface area contributed by atoms with Crippen molar-refractivity contribution >= 4 is 35.1 Å². The summed E-state index contributed by atoms with van der Waals surface area (Å²) in [6.07, 6.45) is -1.64. The van der Waals surface area contributed by atoms with E-state index in [1.165, 1.54) is 0 Å². The molecule has 0 aliphatic heterocycles. The zero-order valence-electron chi connectivity index (χ0n) is 17.2. The summed E-state index contributed by atoms with van der Waals surface area (Å²) >= 11 is 12.0. The highest BCUT2D eigenvalue weighted by Gasteiger charge is 2.86. The van der Waals surface area contributed by atoms with Gasteiger partial charge in [0.15, 0.2) is 5.54 Å².